The molecule has 18 heavy (non-hydrogen) atoms. The third kappa shape index (κ3) is 3.09. The zero-order chi connectivity index (χ0) is 13.0. The first-order valence-electron chi connectivity index (χ1n) is 5.23. The Balaban J connectivity index is 2.14. The molecule has 0 amide bonds. The van der Waals surface area contributed by atoms with Crippen molar-refractivity contribution in [2.75, 3.05) is 5.32 Å². The third-order valence-electron chi connectivity index (χ3n) is 2.37. The van der Waals surface area contributed by atoms with Crippen LogP contribution < -0.4 is 5.32 Å². The van der Waals surface area contributed by atoms with Gasteiger partial charge in [0.05, 0.1) is 5.69 Å². The van der Waals surface area contributed by atoms with Gasteiger partial charge in [-0.15, -0.1) is 0 Å². The molecular formula is C13H9Br2N3. The first-order valence-corrected chi connectivity index (χ1v) is 6.82. The van der Waals surface area contributed by atoms with Gasteiger partial charge in [0.25, 0.3) is 0 Å². The summed E-state index contributed by atoms with van der Waals surface area (Å²) < 4.78 is 1.98. The average Bonchev–Trinajstić information content (AvgIpc) is 2.38. The maximum absolute atomic E-state index is 8.79. The van der Waals surface area contributed by atoms with Crippen LogP contribution in [0.25, 0.3) is 0 Å². The summed E-state index contributed by atoms with van der Waals surface area (Å²) in [6.07, 6.45) is 1.64. The predicted molar refractivity (Wildman–Crippen MR) is 78.1 cm³/mol. The van der Waals surface area contributed by atoms with Gasteiger partial charge >= 0.3 is 0 Å². The number of hydrogen-bond acceptors (Lipinski definition) is 3. The Morgan fingerprint density at radius 1 is 1.22 bits per heavy atom. The molecule has 0 saturated carbocycles. The van der Waals surface area contributed by atoms with E-state index in [4.69, 9.17) is 5.26 Å². The number of aromatic nitrogens is 1. The summed E-state index contributed by atoms with van der Waals surface area (Å²) in [5.41, 5.74) is 2.44. The van der Waals surface area contributed by atoms with Crippen LogP contribution >= 0.6 is 31.9 Å². The molecular weight excluding hydrogens is 358 g/mol. The average molecular weight is 367 g/mol. The fraction of sp³-hybridized carbons (Fsp3) is 0.0769. The van der Waals surface area contributed by atoms with Gasteiger partial charge in [-0.1, -0.05) is 6.07 Å². The first kappa shape index (κ1) is 13.1. The monoisotopic (exact) mass is 365 g/mol. The van der Waals surface area contributed by atoms with Crippen molar-refractivity contribution >= 4 is 37.5 Å². The highest BCUT2D eigenvalue weighted by Gasteiger charge is 2.04. The van der Waals surface area contributed by atoms with Crippen LogP contribution in [0, 0.1) is 11.3 Å². The van der Waals surface area contributed by atoms with Gasteiger partial charge in [0.1, 0.15) is 11.8 Å². The Bertz CT molecular complexity index is 585. The van der Waals surface area contributed by atoms with Crippen LogP contribution in [0.15, 0.2) is 45.5 Å². The predicted octanol–water partition coefficient (Wildman–Crippen LogP) is 4.09. The summed E-state index contributed by atoms with van der Waals surface area (Å²) in [5.74, 6) is 0. The van der Waals surface area contributed by atoms with Crippen molar-refractivity contribution in [3.8, 4) is 6.07 Å². The molecule has 0 bridgehead atoms. The number of benzene rings is 1. The Kier molecular flexibility index (Phi) is 4.34. The van der Waals surface area contributed by atoms with Crippen LogP contribution in [0.5, 0.6) is 0 Å². The van der Waals surface area contributed by atoms with E-state index in [1.54, 1.807) is 12.3 Å². The third-order valence-corrected chi connectivity index (χ3v) is 3.69. The molecule has 5 heteroatoms. The molecule has 0 fully saturated rings. The van der Waals surface area contributed by atoms with Gasteiger partial charge in [-0.3, -0.25) is 0 Å². The Labute approximate surface area is 122 Å². The lowest BCUT2D eigenvalue weighted by atomic mass is 10.2. The second-order valence-corrected chi connectivity index (χ2v) is 5.32. The van der Waals surface area contributed by atoms with E-state index in [0.29, 0.717) is 12.2 Å². The number of nitrogens with one attached hydrogen (secondary N) is 1. The molecule has 1 N–H and O–H groups in total. The van der Waals surface area contributed by atoms with E-state index in [1.807, 2.05) is 30.3 Å². The fourth-order valence-corrected chi connectivity index (χ4v) is 2.78. The standard InChI is InChI=1S/C13H9Br2N3/c14-11-2-1-3-12(15)13(11)18-8-9-4-5-17-10(6-9)7-16/h1-6,18H,8H2. The zero-order valence-corrected chi connectivity index (χ0v) is 12.5. The highest BCUT2D eigenvalue weighted by atomic mass is 79.9. The Hall–Kier alpha value is -1.38. The number of halogens is 2. The molecule has 0 aliphatic rings. The van der Waals surface area contributed by atoms with E-state index in [9.17, 15) is 0 Å². The molecule has 0 radical (unpaired) electrons. The van der Waals surface area contributed by atoms with Crippen LogP contribution in [0.1, 0.15) is 11.3 Å². The fourth-order valence-electron chi connectivity index (χ4n) is 1.50. The van der Waals surface area contributed by atoms with Gasteiger partial charge in [-0.2, -0.15) is 5.26 Å². The maximum Gasteiger partial charge on any atom is 0.140 e. The molecule has 90 valence electrons. The number of pyridine rings is 1. The molecule has 1 aromatic carbocycles. The molecule has 0 aliphatic heterocycles. The number of para-hydroxylation sites is 1. The minimum atomic E-state index is 0.431. The van der Waals surface area contributed by atoms with Crippen LogP contribution in [0.3, 0.4) is 0 Å². The number of hydrogen-bond donors (Lipinski definition) is 1. The van der Waals surface area contributed by atoms with Crippen molar-refractivity contribution in [3.63, 3.8) is 0 Å². The highest BCUT2D eigenvalue weighted by molar-refractivity contribution is 9.11. The van der Waals surface area contributed by atoms with E-state index < -0.39 is 0 Å². The van der Waals surface area contributed by atoms with E-state index in [-0.39, 0.29) is 0 Å². The molecule has 0 unspecified atom stereocenters. The lowest BCUT2D eigenvalue weighted by Gasteiger charge is -2.10. The van der Waals surface area contributed by atoms with Gasteiger partial charge in [-0.05, 0) is 61.7 Å². The lowest BCUT2D eigenvalue weighted by molar-refractivity contribution is 1.11. The minimum absolute atomic E-state index is 0.431. The molecule has 1 aromatic heterocycles. The van der Waals surface area contributed by atoms with Gasteiger partial charge in [0.15, 0.2) is 0 Å². The molecule has 3 nitrogen and oxygen atoms in total. The first-order chi connectivity index (χ1) is 8.70. The van der Waals surface area contributed by atoms with Crippen molar-refractivity contribution in [2.24, 2.45) is 0 Å². The van der Waals surface area contributed by atoms with Gasteiger partial charge in [-0.25, -0.2) is 4.98 Å². The number of anilines is 1. The lowest BCUT2D eigenvalue weighted by Crippen LogP contribution is -2.01. The van der Waals surface area contributed by atoms with E-state index in [1.165, 1.54) is 0 Å². The molecule has 0 saturated heterocycles. The van der Waals surface area contributed by atoms with Crippen LogP contribution in [-0.4, -0.2) is 4.98 Å². The smallest absolute Gasteiger partial charge is 0.140 e. The van der Waals surface area contributed by atoms with E-state index in [0.717, 1.165) is 20.2 Å². The zero-order valence-electron chi connectivity index (χ0n) is 9.32. The Morgan fingerprint density at radius 3 is 2.61 bits per heavy atom. The minimum Gasteiger partial charge on any atom is -0.379 e. The second-order valence-electron chi connectivity index (χ2n) is 3.61. The van der Waals surface area contributed by atoms with E-state index in [2.05, 4.69) is 42.2 Å². The van der Waals surface area contributed by atoms with Crippen molar-refractivity contribution in [1.29, 1.82) is 5.26 Å². The van der Waals surface area contributed by atoms with Crippen LogP contribution in [0.2, 0.25) is 0 Å². The largest absolute Gasteiger partial charge is 0.379 e. The quantitative estimate of drug-likeness (QED) is 0.889. The van der Waals surface area contributed by atoms with Crippen LogP contribution in [-0.2, 0) is 6.54 Å². The maximum atomic E-state index is 8.79. The summed E-state index contributed by atoms with van der Waals surface area (Å²) in [6, 6.07) is 11.6. The molecule has 0 atom stereocenters. The summed E-state index contributed by atoms with van der Waals surface area (Å²) >= 11 is 6.98. The van der Waals surface area contributed by atoms with Crippen molar-refractivity contribution < 1.29 is 0 Å². The normalized spacial score (nSPS) is 9.83. The van der Waals surface area contributed by atoms with Gasteiger partial charge < -0.3 is 5.32 Å². The van der Waals surface area contributed by atoms with Gasteiger partial charge in [0, 0.05) is 21.7 Å². The number of rotatable bonds is 3. The summed E-state index contributed by atoms with van der Waals surface area (Å²) in [7, 11) is 0. The van der Waals surface area contributed by atoms with Crippen LogP contribution in [0.4, 0.5) is 5.69 Å². The summed E-state index contributed by atoms with van der Waals surface area (Å²) in [5, 5.41) is 12.1. The topological polar surface area (TPSA) is 48.7 Å². The van der Waals surface area contributed by atoms with Crippen molar-refractivity contribution in [3.05, 3.63) is 56.7 Å². The Morgan fingerprint density at radius 2 is 1.94 bits per heavy atom. The second kappa shape index (κ2) is 5.98. The molecule has 2 aromatic rings. The molecule has 2 rings (SSSR count). The SMILES string of the molecule is N#Cc1cc(CNc2c(Br)cccc2Br)ccn1. The van der Waals surface area contributed by atoms with Gasteiger partial charge in [0.2, 0.25) is 0 Å². The number of nitriles is 1. The van der Waals surface area contributed by atoms with Crippen molar-refractivity contribution in [2.45, 2.75) is 6.54 Å². The molecule has 0 aliphatic carbocycles. The number of nitrogens with zero attached hydrogens (tertiary/aromatic N) is 2. The summed E-state index contributed by atoms with van der Waals surface area (Å²) in [6.45, 7) is 0.637. The van der Waals surface area contributed by atoms with E-state index >= 15 is 0 Å². The summed E-state index contributed by atoms with van der Waals surface area (Å²) in [4.78, 5) is 3.94. The van der Waals surface area contributed by atoms with Crippen molar-refractivity contribution in [1.82, 2.24) is 4.98 Å². The molecule has 1 heterocycles. The molecule has 0 spiro atoms. The highest BCUT2D eigenvalue weighted by Crippen LogP contribution is 2.30.